The molecule has 1 aromatic heterocycles. The third kappa shape index (κ3) is 7.83. The van der Waals surface area contributed by atoms with Crippen LogP contribution < -0.4 is 16.0 Å². The Morgan fingerprint density at radius 3 is 2.67 bits per heavy atom. The van der Waals surface area contributed by atoms with E-state index in [1.165, 1.54) is 22.6 Å². The normalized spacial score (nSPS) is 15.0. The quantitative estimate of drug-likeness (QED) is 0.330. The molecule has 0 spiro atoms. The van der Waals surface area contributed by atoms with Crippen LogP contribution in [0.25, 0.3) is 0 Å². The maximum absolute atomic E-state index is 11.9. The number of carbonyl (C=O) groups excluding carboxylic acids is 1. The van der Waals surface area contributed by atoms with Gasteiger partial charge in [-0.25, -0.2) is 4.99 Å². The molecule has 1 amide bonds. The van der Waals surface area contributed by atoms with E-state index in [1.54, 1.807) is 11.3 Å². The number of aryl methyl sites for hydroxylation is 1. The van der Waals surface area contributed by atoms with Crippen LogP contribution in [0, 0.1) is 6.92 Å². The maximum atomic E-state index is 11.9. The smallest absolute Gasteiger partial charge is 0.221 e. The Kier molecular flexibility index (Phi) is 10.3. The summed E-state index contributed by atoms with van der Waals surface area (Å²) in [5, 5.41) is 9.56. The number of nitrogens with one attached hydrogen (secondary N) is 3. The van der Waals surface area contributed by atoms with Crippen LogP contribution in [-0.4, -0.2) is 31.0 Å². The largest absolute Gasteiger partial charge is 0.357 e. The zero-order chi connectivity index (χ0) is 16.5. The molecule has 0 bridgehead atoms. The van der Waals surface area contributed by atoms with Crippen LogP contribution in [0.4, 0.5) is 0 Å². The molecule has 1 fully saturated rings. The SMILES string of the molecule is CCNC(=NCc1ccc(C)s1)NCCC(=O)NC1CCCC1.I. The van der Waals surface area contributed by atoms with Gasteiger partial charge in [0.15, 0.2) is 5.96 Å². The third-order valence-corrected chi connectivity index (χ3v) is 4.88. The molecule has 1 aliphatic carbocycles. The molecule has 1 heterocycles. The highest BCUT2D eigenvalue weighted by Gasteiger charge is 2.16. The molecular formula is C17H29IN4OS. The molecule has 0 radical (unpaired) electrons. The number of thiophene rings is 1. The molecule has 0 aliphatic heterocycles. The summed E-state index contributed by atoms with van der Waals surface area (Å²) in [6.07, 6.45) is 5.22. The highest BCUT2D eigenvalue weighted by molar-refractivity contribution is 14.0. The number of nitrogens with zero attached hydrogens (tertiary/aromatic N) is 1. The standard InChI is InChI=1S/C17H28N4OS.HI/c1-3-18-17(20-12-15-9-8-13(2)23-15)19-11-10-16(22)21-14-6-4-5-7-14;/h8-9,14H,3-7,10-12H2,1-2H3,(H,21,22)(H2,18,19,20);1H. The monoisotopic (exact) mass is 464 g/mol. The second kappa shape index (κ2) is 11.7. The van der Waals surface area contributed by atoms with Crippen molar-refractivity contribution >= 4 is 47.2 Å². The molecular weight excluding hydrogens is 435 g/mol. The van der Waals surface area contributed by atoms with Crippen molar-refractivity contribution < 1.29 is 4.79 Å². The first-order chi connectivity index (χ1) is 11.2. The van der Waals surface area contributed by atoms with E-state index in [2.05, 4.69) is 40.0 Å². The summed E-state index contributed by atoms with van der Waals surface area (Å²) in [6.45, 7) is 6.23. The van der Waals surface area contributed by atoms with Crippen molar-refractivity contribution in [1.82, 2.24) is 16.0 Å². The van der Waals surface area contributed by atoms with Crippen LogP contribution in [-0.2, 0) is 11.3 Å². The van der Waals surface area contributed by atoms with Gasteiger partial charge >= 0.3 is 0 Å². The number of guanidine groups is 1. The van der Waals surface area contributed by atoms with Gasteiger partial charge in [0.05, 0.1) is 6.54 Å². The second-order valence-corrected chi connectivity index (χ2v) is 7.31. The van der Waals surface area contributed by atoms with E-state index in [-0.39, 0.29) is 29.9 Å². The van der Waals surface area contributed by atoms with Gasteiger partial charge in [-0.15, -0.1) is 35.3 Å². The fraction of sp³-hybridized carbons (Fsp3) is 0.647. The number of amides is 1. The summed E-state index contributed by atoms with van der Waals surface area (Å²) >= 11 is 1.77. The van der Waals surface area contributed by atoms with Crippen molar-refractivity contribution in [2.24, 2.45) is 4.99 Å². The molecule has 5 nitrogen and oxygen atoms in total. The van der Waals surface area contributed by atoms with Gasteiger partial charge in [0.25, 0.3) is 0 Å². The lowest BCUT2D eigenvalue weighted by Crippen LogP contribution is -2.40. The number of halogens is 1. The minimum Gasteiger partial charge on any atom is -0.357 e. The Morgan fingerprint density at radius 1 is 1.29 bits per heavy atom. The van der Waals surface area contributed by atoms with E-state index >= 15 is 0 Å². The van der Waals surface area contributed by atoms with E-state index in [1.807, 2.05) is 6.92 Å². The lowest BCUT2D eigenvalue weighted by molar-refractivity contribution is -0.121. The van der Waals surface area contributed by atoms with Crippen molar-refractivity contribution in [2.45, 2.75) is 58.5 Å². The van der Waals surface area contributed by atoms with Gasteiger partial charge in [-0.2, -0.15) is 0 Å². The average molecular weight is 464 g/mol. The van der Waals surface area contributed by atoms with Crippen LogP contribution in [0.2, 0.25) is 0 Å². The fourth-order valence-electron chi connectivity index (χ4n) is 2.73. The molecule has 2 rings (SSSR count). The van der Waals surface area contributed by atoms with E-state index in [4.69, 9.17) is 0 Å². The molecule has 24 heavy (non-hydrogen) atoms. The lowest BCUT2D eigenvalue weighted by atomic mass is 10.2. The predicted molar refractivity (Wildman–Crippen MR) is 112 cm³/mol. The maximum Gasteiger partial charge on any atom is 0.221 e. The summed E-state index contributed by atoms with van der Waals surface area (Å²) in [5.41, 5.74) is 0. The Balaban J connectivity index is 0.00000288. The van der Waals surface area contributed by atoms with E-state index in [9.17, 15) is 4.79 Å². The van der Waals surface area contributed by atoms with Crippen LogP contribution >= 0.6 is 35.3 Å². The zero-order valence-electron chi connectivity index (χ0n) is 14.6. The average Bonchev–Trinajstić information content (AvgIpc) is 3.16. The molecule has 0 unspecified atom stereocenters. The topological polar surface area (TPSA) is 65.5 Å². The second-order valence-electron chi connectivity index (χ2n) is 5.93. The Morgan fingerprint density at radius 2 is 2.04 bits per heavy atom. The summed E-state index contributed by atoms with van der Waals surface area (Å²) in [7, 11) is 0. The van der Waals surface area contributed by atoms with Gasteiger partial charge in [0.1, 0.15) is 0 Å². The van der Waals surface area contributed by atoms with Crippen molar-refractivity contribution in [3.63, 3.8) is 0 Å². The van der Waals surface area contributed by atoms with Crippen LogP contribution in [0.1, 0.15) is 48.8 Å². The zero-order valence-corrected chi connectivity index (χ0v) is 17.7. The van der Waals surface area contributed by atoms with Crippen molar-refractivity contribution in [3.8, 4) is 0 Å². The van der Waals surface area contributed by atoms with Crippen LogP contribution in [0.15, 0.2) is 17.1 Å². The van der Waals surface area contributed by atoms with E-state index in [0.717, 1.165) is 25.3 Å². The third-order valence-electron chi connectivity index (χ3n) is 3.90. The van der Waals surface area contributed by atoms with Crippen LogP contribution in [0.5, 0.6) is 0 Å². The number of carbonyl (C=O) groups is 1. The molecule has 0 saturated heterocycles. The molecule has 1 aliphatic rings. The number of rotatable bonds is 7. The number of hydrogen-bond donors (Lipinski definition) is 3. The van der Waals surface area contributed by atoms with Gasteiger partial charge < -0.3 is 16.0 Å². The van der Waals surface area contributed by atoms with E-state index in [0.29, 0.717) is 25.6 Å². The number of aliphatic imine (C=N–C) groups is 1. The van der Waals surface area contributed by atoms with Crippen molar-refractivity contribution in [1.29, 1.82) is 0 Å². The molecule has 7 heteroatoms. The molecule has 3 N–H and O–H groups in total. The van der Waals surface area contributed by atoms with Gasteiger partial charge in [-0.1, -0.05) is 12.8 Å². The predicted octanol–water partition coefficient (Wildman–Crippen LogP) is 3.18. The summed E-state index contributed by atoms with van der Waals surface area (Å²) in [5.74, 6) is 0.904. The number of hydrogen-bond acceptors (Lipinski definition) is 3. The lowest BCUT2D eigenvalue weighted by Gasteiger charge is -2.13. The molecule has 136 valence electrons. The Labute approximate surface area is 166 Å². The van der Waals surface area contributed by atoms with Crippen molar-refractivity contribution in [3.05, 3.63) is 21.9 Å². The van der Waals surface area contributed by atoms with Gasteiger partial charge in [0, 0.05) is 35.3 Å². The summed E-state index contributed by atoms with van der Waals surface area (Å²) in [6, 6.07) is 4.62. The first kappa shape index (κ1) is 21.2. The van der Waals surface area contributed by atoms with E-state index < -0.39 is 0 Å². The minimum absolute atomic E-state index is 0. The molecule has 1 saturated carbocycles. The Bertz CT molecular complexity index is 526. The summed E-state index contributed by atoms with van der Waals surface area (Å²) < 4.78 is 0. The highest BCUT2D eigenvalue weighted by atomic mass is 127. The first-order valence-corrected chi connectivity index (χ1v) is 9.36. The fourth-order valence-corrected chi connectivity index (χ4v) is 3.55. The van der Waals surface area contributed by atoms with Gasteiger partial charge in [0.2, 0.25) is 5.91 Å². The highest BCUT2D eigenvalue weighted by Crippen LogP contribution is 2.17. The first-order valence-electron chi connectivity index (χ1n) is 8.54. The Hall–Kier alpha value is -0.830. The minimum atomic E-state index is 0. The van der Waals surface area contributed by atoms with Crippen LogP contribution in [0.3, 0.4) is 0 Å². The van der Waals surface area contributed by atoms with Gasteiger partial charge in [-0.3, -0.25) is 4.79 Å². The molecule has 0 aromatic carbocycles. The molecule has 1 aromatic rings. The summed E-state index contributed by atoms with van der Waals surface area (Å²) in [4.78, 5) is 19.0. The van der Waals surface area contributed by atoms with Gasteiger partial charge in [-0.05, 0) is 38.8 Å². The van der Waals surface area contributed by atoms with Crippen molar-refractivity contribution in [2.75, 3.05) is 13.1 Å². The molecule has 0 atom stereocenters.